The van der Waals surface area contributed by atoms with Gasteiger partial charge in [-0.3, -0.25) is 29.2 Å². The number of pyridine rings is 2. The van der Waals surface area contributed by atoms with E-state index in [2.05, 4.69) is 81.3 Å². The quantitative estimate of drug-likeness (QED) is 0.125. The molecule has 16 heteroatoms. The van der Waals surface area contributed by atoms with Crippen molar-refractivity contribution in [2.45, 2.75) is 96.9 Å². The molecule has 4 aliphatic heterocycles. The number of piperidine rings is 1. The van der Waals surface area contributed by atoms with E-state index in [1.165, 1.54) is 33.3 Å². The minimum Gasteiger partial charge on any atom is -0.392 e. The van der Waals surface area contributed by atoms with E-state index in [4.69, 9.17) is 14.7 Å². The standard InChI is InChI=1S/C53H65N11O5/c1-7-47(66)57-41-27-36(8-9-43(41)62-21-20-61(31-34(62)2)37-12-18-60(19-13-37)38-10-16-54-46(28-38)53(5)14-24-69-25-15-53)56-48-51(68)59(6)32-42(58-48)39-11-17-55-49(40(39)33-65)64-23-22-63-44(50(64)67)26-35-29-52(3,4)30-45(35)63/h7-11,16-17,26-28,32,34,37,65H,1,12-15,18-25,29-31,33H2,2-6H3,(H,56,58)(H,57,66). The maximum Gasteiger partial charge on any atom is 0.293 e. The highest BCUT2D eigenvalue weighted by Crippen LogP contribution is 2.41. The largest absolute Gasteiger partial charge is 0.392 e. The molecular weight excluding hydrogens is 871 g/mol. The number of benzene rings is 1. The zero-order valence-electron chi connectivity index (χ0n) is 40.6. The van der Waals surface area contributed by atoms with Crippen molar-refractivity contribution >= 4 is 46.2 Å². The smallest absolute Gasteiger partial charge is 0.293 e. The monoisotopic (exact) mass is 936 g/mol. The molecule has 5 aliphatic rings. The fraction of sp³-hybridized carbons (Fsp3) is 0.472. The van der Waals surface area contributed by atoms with Crippen molar-refractivity contribution in [1.29, 1.82) is 0 Å². The number of amides is 2. The van der Waals surface area contributed by atoms with E-state index in [0.29, 0.717) is 58.8 Å². The van der Waals surface area contributed by atoms with Crippen LogP contribution in [-0.4, -0.2) is 110 Å². The number of aliphatic hydroxyl groups excluding tert-OH is 1. The molecule has 2 amide bonds. The predicted octanol–water partition coefficient (Wildman–Crippen LogP) is 6.43. The number of fused-ring (bicyclic) bond motifs is 3. The number of nitrogens with one attached hydrogen (secondary N) is 2. The van der Waals surface area contributed by atoms with Crippen LogP contribution in [0, 0.1) is 5.41 Å². The normalized spacial score (nSPS) is 20.4. The summed E-state index contributed by atoms with van der Waals surface area (Å²) >= 11 is 0. The topological polar surface area (TPSA) is 166 Å². The summed E-state index contributed by atoms with van der Waals surface area (Å²) in [6.45, 7) is 19.5. The van der Waals surface area contributed by atoms with Crippen LogP contribution in [0.1, 0.15) is 86.4 Å². The second kappa shape index (κ2) is 18.5. The molecule has 0 spiro atoms. The van der Waals surface area contributed by atoms with Crippen molar-refractivity contribution in [2.75, 3.05) is 77.8 Å². The number of aryl methyl sites for hydroxylation is 1. The van der Waals surface area contributed by atoms with Crippen LogP contribution in [0.25, 0.3) is 11.3 Å². The Morgan fingerprint density at radius 3 is 2.49 bits per heavy atom. The summed E-state index contributed by atoms with van der Waals surface area (Å²) in [5.41, 5.74) is 8.81. The first-order valence-electron chi connectivity index (χ1n) is 24.6. The van der Waals surface area contributed by atoms with Crippen LogP contribution in [0.15, 0.2) is 78.5 Å². The Labute approximate surface area is 404 Å². The number of anilines is 6. The van der Waals surface area contributed by atoms with Crippen molar-refractivity contribution in [3.8, 4) is 11.3 Å². The van der Waals surface area contributed by atoms with Gasteiger partial charge < -0.3 is 39.4 Å². The molecule has 8 heterocycles. The van der Waals surface area contributed by atoms with Gasteiger partial charge in [0.05, 0.1) is 23.7 Å². The van der Waals surface area contributed by atoms with Gasteiger partial charge in [0.1, 0.15) is 11.5 Å². The Morgan fingerprint density at radius 2 is 1.74 bits per heavy atom. The molecule has 3 saturated heterocycles. The van der Waals surface area contributed by atoms with Gasteiger partial charge in [-0.2, -0.15) is 0 Å². The molecule has 1 atom stereocenters. The van der Waals surface area contributed by atoms with E-state index >= 15 is 0 Å². The van der Waals surface area contributed by atoms with Gasteiger partial charge in [0, 0.05) is 136 Å². The number of carbonyl (C=O) groups is 2. The van der Waals surface area contributed by atoms with Crippen molar-refractivity contribution in [2.24, 2.45) is 12.5 Å². The molecule has 1 aromatic carbocycles. The van der Waals surface area contributed by atoms with E-state index in [1.54, 1.807) is 30.4 Å². The molecule has 362 valence electrons. The minimum atomic E-state index is -0.398. The van der Waals surface area contributed by atoms with Crippen molar-refractivity contribution in [1.82, 2.24) is 29.0 Å². The number of ether oxygens (including phenoxy) is 1. The van der Waals surface area contributed by atoms with Gasteiger partial charge in [-0.15, -0.1) is 0 Å². The molecule has 1 unspecified atom stereocenters. The maximum absolute atomic E-state index is 14.1. The van der Waals surface area contributed by atoms with Crippen LogP contribution in [0.4, 0.5) is 34.4 Å². The number of rotatable bonds is 11. The molecule has 69 heavy (non-hydrogen) atoms. The van der Waals surface area contributed by atoms with E-state index in [-0.39, 0.29) is 40.1 Å². The van der Waals surface area contributed by atoms with Crippen molar-refractivity contribution in [3.63, 3.8) is 0 Å². The lowest BCUT2D eigenvalue weighted by molar-refractivity contribution is -0.111. The van der Waals surface area contributed by atoms with Crippen LogP contribution in [0.5, 0.6) is 0 Å². The molecule has 4 aromatic heterocycles. The summed E-state index contributed by atoms with van der Waals surface area (Å²) in [6, 6.07) is 14.6. The van der Waals surface area contributed by atoms with Gasteiger partial charge in [0.2, 0.25) is 5.91 Å². The van der Waals surface area contributed by atoms with Gasteiger partial charge in [-0.1, -0.05) is 27.4 Å². The first-order valence-corrected chi connectivity index (χ1v) is 24.6. The third-order valence-electron chi connectivity index (χ3n) is 15.4. The first kappa shape index (κ1) is 46.4. The Kier molecular flexibility index (Phi) is 12.4. The number of piperazine rings is 1. The molecule has 10 rings (SSSR count). The van der Waals surface area contributed by atoms with Crippen LogP contribution in [0.3, 0.4) is 0 Å². The molecule has 0 saturated carbocycles. The van der Waals surface area contributed by atoms with Crippen molar-refractivity contribution < 1.29 is 19.4 Å². The Balaban J connectivity index is 0.839. The molecular formula is C53H65N11O5. The van der Waals surface area contributed by atoms with Gasteiger partial charge in [-0.25, -0.2) is 9.97 Å². The zero-order valence-corrected chi connectivity index (χ0v) is 40.6. The summed E-state index contributed by atoms with van der Waals surface area (Å²) in [7, 11) is 1.65. The molecule has 1 aliphatic carbocycles. The maximum atomic E-state index is 14.1. The summed E-state index contributed by atoms with van der Waals surface area (Å²) < 4.78 is 9.25. The number of hydrogen-bond acceptors (Lipinski definition) is 12. The third-order valence-corrected chi connectivity index (χ3v) is 15.4. The van der Waals surface area contributed by atoms with Gasteiger partial charge in [-0.05, 0) is 105 Å². The fourth-order valence-corrected chi connectivity index (χ4v) is 11.5. The minimum absolute atomic E-state index is 0.0551. The highest BCUT2D eigenvalue weighted by molar-refractivity contribution is 6.06. The third kappa shape index (κ3) is 8.94. The Morgan fingerprint density at radius 1 is 0.957 bits per heavy atom. The lowest BCUT2D eigenvalue weighted by atomic mass is 9.79. The molecule has 3 fully saturated rings. The summed E-state index contributed by atoms with van der Waals surface area (Å²) in [4.78, 5) is 64.0. The number of hydrogen-bond donors (Lipinski definition) is 3. The summed E-state index contributed by atoms with van der Waals surface area (Å²) in [5.74, 6) is -0.0764. The first-order chi connectivity index (χ1) is 33.2. The van der Waals surface area contributed by atoms with E-state index in [9.17, 15) is 19.5 Å². The number of nitrogens with zero attached hydrogens (tertiary/aromatic N) is 9. The average Bonchev–Trinajstić information content (AvgIpc) is 3.85. The summed E-state index contributed by atoms with van der Waals surface area (Å²) in [6.07, 6.45) is 12.5. The second-order valence-corrected chi connectivity index (χ2v) is 20.7. The predicted molar refractivity (Wildman–Crippen MR) is 270 cm³/mol. The lowest BCUT2D eigenvalue weighted by Gasteiger charge is -2.47. The highest BCUT2D eigenvalue weighted by Gasteiger charge is 2.38. The zero-order chi connectivity index (χ0) is 48.2. The lowest BCUT2D eigenvalue weighted by Crippen LogP contribution is -2.57. The highest BCUT2D eigenvalue weighted by atomic mass is 16.5. The number of aliphatic hydroxyl groups is 1. The van der Waals surface area contributed by atoms with E-state index in [0.717, 1.165) is 90.1 Å². The van der Waals surface area contributed by atoms with Gasteiger partial charge >= 0.3 is 0 Å². The van der Waals surface area contributed by atoms with Crippen LogP contribution in [-0.2, 0) is 48.0 Å². The van der Waals surface area contributed by atoms with Gasteiger partial charge in [0.25, 0.3) is 11.5 Å². The molecule has 5 aromatic rings. The van der Waals surface area contributed by atoms with E-state index in [1.807, 2.05) is 30.5 Å². The van der Waals surface area contributed by atoms with Crippen LogP contribution >= 0.6 is 0 Å². The molecule has 0 radical (unpaired) electrons. The average molecular weight is 936 g/mol. The van der Waals surface area contributed by atoms with Crippen LogP contribution in [0.2, 0.25) is 0 Å². The summed E-state index contributed by atoms with van der Waals surface area (Å²) in [5, 5.41) is 17.1. The second-order valence-electron chi connectivity index (χ2n) is 20.7. The molecule has 0 bridgehead atoms. The molecule has 3 N–H and O–H groups in total. The van der Waals surface area contributed by atoms with Crippen molar-refractivity contribution in [3.05, 3.63) is 112 Å². The number of carbonyl (C=O) groups excluding carboxylic acids is 2. The van der Waals surface area contributed by atoms with Crippen LogP contribution < -0.4 is 30.9 Å². The Bertz CT molecular complexity index is 2860. The fourth-order valence-electron chi connectivity index (χ4n) is 11.5. The SMILES string of the molecule is C=CC(=O)Nc1cc(Nc2nc(-c3ccnc(N4CCn5c(cc6c5CC(C)(C)C6)C4=O)c3CO)cn(C)c2=O)ccc1N1CCN(C2CCN(c3ccnc(C4(C)CCOCC4)c3)CC2)CC1C. The van der Waals surface area contributed by atoms with E-state index < -0.39 is 6.61 Å². The van der Waals surface area contributed by atoms with Gasteiger partial charge in [0.15, 0.2) is 5.82 Å². The Hall–Kier alpha value is -6.36. The molecule has 16 nitrogen and oxygen atoms in total. The number of aromatic nitrogens is 5.